The Balaban J connectivity index is 1.38. The van der Waals surface area contributed by atoms with Crippen molar-refractivity contribution in [2.24, 2.45) is 10.7 Å². The third-order valence-corrected chi connectivity index (χ3v) is 7.15. The van der Waals surface area contributed by atoms with Crippen molar-refractivity contribution in [3.63, 3.8) is 0 Å². The van der Waals surface area contributed by atoms with Crippen LogP contribution in [0.25, 0.3) is 0 Å². The topological polar surface area (TPSA) is 111 Å². The number of guanidine groups is 1. The Hall–Kier alpha value is -2.62. The fourth-order valence-corrected chi connectivity index (χ4v) is 5.19. The molecule has 1 unspecified atom stereocenters. The molecule has 190 valence electrons. The van der Waals surface area contributed by atoms with Gasteiger partial charge in [-0.05, 0) is 87.9 Å². The summed E-state index contributed by atoms with van der Waals surface area (Å²) in [6, 6.07) is 4.13. The maximum absolute atomic E-state index is 15.2. The lowest BCUT2D eigenvalue weighted by Gasteiger charge is -2.39. The van der Waals surface area contributed by atoms with Crippen LogP contribution in [0.1, 0.15) is 49.7 Å². The Kier molecular flexibility index (Phi) is 8.30. The van der Waals surface area contributed by atoms with E-state index in [0.29, 0.717) is 34.3 Å². The fourth-order valence-electron chi connectivity index (χ4n) is 5.03. The van der Waals surface area contributed by atoms with Gasteiger partial charge in [-0.1, -0.05) is 11.6 Å². The second-order valence-electron chi connectivity index (χ2n) is 9.48. The highest BCUT2D eigenvalue weighted by Crippen LogP contribution is 2.34. The van der Waals surface area contributed by atoms with Gasteiger partial charge < -0.3 is 31.3 Å². The molecule has 2 fully saturated rings. The van der Waals surface area contributed by atoms with Gasteiger partial charge in [0.2, 0.25) is 5.96 Å². The maximum Gasteiger partial charge on any atom is 0.202 e. The van der Waals surface area contributed by atoms with Gasteiger partial charge in [0.1, 0.15) is 17.8 Å². The average molecular weight is 504 g/mol. The number of likely N-dealkylation sites (tertiary alicyclic amines) is 1. The quantitative estimate of drug-likeness (QED) is 0.309. The van der Waals surface area contributed by atoms with Crippen molar-refractivity contribution in [2.75, 3.05) is 31.6 Å². The first kappa shape index (κ1) is 25.5. The summed E-state index contributed by atoms with van der Waals surface area (Å²) in [6.45, 7) is 7.54. The molecule has 0 aliphatic carbocycles. The minimum absolute atomic E-state index is 0.101. The van der Waals surface area contributed by atoms with E-state index in [2.05, 4.69) is 25.8 Å². The van der Waals surface area contributed by atoms with E-state index in [9.17, 15) is 0 Å². The number of nitrogens with two attached hydrogens (primary N) is 1. The van der Waals surface area contributed by atoms with Gasteiger partial charge in [-0.3, -0.25) is 5.41 Å². The lowest BCUT2D eigenvalue weighted by atomic mass is 9.85. The van der Waals surface area contributed by atoms with Crippen LogP contribution in [0.15, 0.2) is 40.1 Å². The van der Waals surface area contributed by atoms with Gasteiger partial charge in [0.05, 0.1) is 10.7 Å². The number of piperidine rings is 1. The number of rotatable bonds is 5. The molecule has 1 aromatic carbocycles. The molecule has 8 nitrogen and oxygen atoms in total. The normalized spacial score (nSPS) is 22.7. The highest BCUT2D eigenvalue weighted by Gasteiger charge is 2.28. The predicted octanol–water partition coefficient (Wildman–Crippen LogP) is 3.70. The fraction of sp³-hybridized carbons (Fsp3) is 0.520. The van der Waals surface area contributed by atoms with Gasteiger partial charge in [-0.25, -0.2) is 9.38 Å². The minimum Gasteiger partial charge on any atom is -0.402 e. The van der Waals surface area contributed by atoms with Crippen molar-refractivity contribution in [1.29, 1.82) is 5.41 Å². The summed E-state index contributed by atoms with van der Waals surface area (Å²) in [5.41, 5.74) is 8.61. The maximum atomic E-state index is 15.2. The number of amidine groups is 1. The molecule has 1 atom stereocenters. The number of nitrogens with zero attached hydrogens (tertiary/aromatic N) is 2. The van der Waals surface area contributed by atoms with Crippen molar-refractivity contribution in [1.82, 2.24) is 15.5 Å². The molecule has 6 N–H and O–H groups in total. The van der Waals surface area contributed by atoms with Crippen LogP contribution in [0.5, 0.6) is 0 Å². The Labute approximate surface area is 211 Å². The van der Waals surface area contributed by atoms with Crippen LogP contribution in [0.3, 0.4) is 0 Å². The molecule has 2 saturated heterocycles. The third-order valence-electron chi connectivity index (χ3n) is 6.83. The van der Waals surface area contributed by atoms with Crippen LogP contribution in [0.4, 0.5) is 10.1 Å². The zero-order chi connectivity index (χ0) is 24.9. The number of allylic oxidation sites excluding steroid dienone is 1. The summed E-state index contributed by atoms with van der Waals surface area (Å²) < 4.78 is 20.7. The van der Waals surface area contributed by atoms with E-state index in [4.69, 9.17) is 27.5 Å². The second-order valence-corrected chi connectivity index (χ2v) is 9.92. The second kappa shape index (κ2) is 11.4. The van der Waals surface area contributed by atoms with E-state index in [1.165, 1.54) is 12.3 Å². The molecule has 10 heteroatoms. The van der Waals surface area contributed by atoms with Gasteiger partial charge in [0.15, 0.2) is 0 Å². The number of benzene rings is 1. The predicted molar refractivity (Wildman–Crippen MR) is 139 cm³/mol. The number of halogens is 2. The zero-order valence-electron chi connectivity index (χ0n) is 20.3. The molecule has 0 bridgehead atoms. The lowest BCUT2D eigenvalue weighted by Crippen LogP contribution is -2.51. The minimum atomic E-state index is -0.580. The Morgan fingerprint density at radius 3 is 2.69 bits per heavy atom. The molecule has 0 saturated carbocycles. The molecule has 4 rings (SSSR count). The summed E-state index contributed by atoms with van der Waals surface area (Å²) in [4.78, 5) is 6.81. The zero-order valence-corrected chi connectivity index (χ0v) is 21.1. The van der Waals surface area contributed by atoms with Gasteiger partial charge >= 0.3 is 0 Å². The summed E-state index contributed by atoms with van der Waals surface area (Å²) in [7, 11) is 0. The third kappa shape index (κ3) is 6.54. The highest BCUT2D eigenvalue weighted by atomic mass is 35.5. The molecular weight excluding hydrogens is 469 g/mol. The lowest BCUT2D eigenvalue weighted by molar-refractivity contribution is 0.0251. The van der Waals surface area contributed by atoms with Gasteiger partial charge in [-0.2, -0.15) is 0 Å². The van der Waals surface area contributed by atoms with Gasteiger partial charge in [0, 0.05) is 31.2 Å². The molecule has 3 heterocycles. The smallest absolute Gasteiger partial charge is 0.202 e. The molecule has 0 aromatic heterocycles. The standard InChI is InChI=1S/C25H35ClFN7O/c1-15-11-22(31-25-30-14-20(26)24(33-25)32-23(29)12-16(2)28)21(27)13-19(15)17-3-7-34(8-4-17)18-5-9-35-10-6-18/h11-14,17-18,24H,3-10,28H2,1-2H3,(H2,29,32)(H2,30,31,33)/b16-12-. The number of ether oxygens (including phenoxy) is 1. The summed E-state index contributed by atoms with van der Waals surface area (Å²) in [5, 5.41) is 17.3. The Morgan fingerprint density at radius 1 is 1.29 bits per heavy atom. The summed E-state index contributed by atoms with van der Waals surface area (Å²) >= 11 is 6.22. The van der Waals surface area contributed by atoms with Crippen LogP contribution in [0, 0.1) is 18.2 Å². The molecule has 0 radical (unpaired) electrons. The van der Waals surface area contributed by atoms with Crippen LogP contribution in [0.2, 0.25) is 0 Å². The van der Waals surface area contributed by atoms with E-state index in [-0.39, 0.29) is 11.7 Å². The van der Waals surface area contributed by atoms with Crippen molar-refractivity contribution in [3.8, 4) is 0 Å². The van der Waals surface area contributed by atoms with Crippen LogP contribution in [-0.2, 0) is 4.74 Å². The monoisotopic (exact) mass is 503 g/mol. The molecule has 35 heavy (non-hydrogen) atoms. The summed E-state index contributed by atoms with van der Waals surface area (Å²) in [6.07, 6.45) is 6.67. The van der Waals surface area contributed by atoms with Crippen LogP contribution >= 0.6 is 11.6 Å². The first-order valence-corrected chi connectivity index (χ1v) is 12.6. The molecule has 3 aliphatic heterocycles. The molecule has 0 amide bonds. The highest BCUT2D eigenvalue weighted by molar-refractivity contribution is 6.30. The summed E-state index contributed by atoms with van der Waals surface area (Å²) in [5.74, 6) is 0.482. The number of nitrogens with one attached hydrogen (secondary N) is 4. The van der Waals surface area contributed by atoms with Crippen molar-refractivity contribution in [3.05, 3.63) is 52.1 Å². The molecule has 0 spiro atoms. The Morgan fingerprint density at radius 2 is 2.00 bits per heavy atom. The van der Waals surface area contributed by atoms with Gasteiger partial charge in [-0.15, -0.1) is 0 Å². The SMILES string of the molecule is C/C(N)=C/C(=N)NC1NC(Nc2cc(C)c(C3CCN(C4CCOCC4)CC3)cc2F)=NC=C1Cl. The number of aryl methyl sites for hydroxylation is 1. The molecule has 1 aromatic rings. The Bertz CT molecular complexity index is 1020. The van der Waals surface area contributed by atoms with Gasteiger partial charge in [0.25, 0.3) is 0 Å². The largest absolute Gasteiger partial charge is 0.402 e. The van der Waals surface area contributed by atoms with Crippen molar-refractivity contribution < 1.29 is 9.13 Å². The first-order valence-electron chi connectivity index (χ1n) is 12.2. The van der Waals surface area contributed by atoms with E-state index < -0.39 is 6.17 Å². The van der Waals surface area contributed by atoms with E-state index in [1.54, 1.807) is 13.0 Å². The van der Waals surface area contributed by atoms with Crippen molar-refractivity contribution >= 4 is 29.1 Å². The number of hydrogen-bond acceptors (Lipinski definition) is 7. The molecule has 3 aliphatic rings. The average Bonchev–Trinajstić information content (AvgIpc) is 2.83. The van der Waals surface area contributed by atoms with E-state index >= 15 is 4.39 Å². The van der Waals surface area contributed by atoms with E-state index in [0.717, 1.165) is 63.1 Å². The van der Waals surface area contributed by atoms with E-state index in [1.807, 2.05) is 13.0 Å². The number of anilines is 1. The van der Waals surface area contributed by atoms with Crippen molar-refractivity contribution in [2.45, 2.75) is 57.7 Å². The van der Waals surface area contributed by atoms with Crippen LogP contribution < -0.4 is 21.7 Å². The number of hydrogen-bond donors (Lipinski definition) is 5. The molecular formula is C25H35ClFN7O. The first-order chi connectivity index (χ1) is 16.8. The van der Waals surface area contributed by atoms with Crippen LogP contribution in [-0.4, -0.2) is 55.2 Å². The number of aliphatic imine (C=N–C) groups is 1.